The first kappa shape index (κ1) is 13.2. The normalized spacial score (nSPS) is 20.6. The average molecular weight is 267 g/mol. The number of hydrogen-bond acceptors (Lipinski definition) is 2. The third kappa shape index (κ3) is 2.44. The van der Waals surface area contributed by atoms with Gasteiger partial charge >= 0.3 is 0 Å². The Bertz CT molecular complexity index is 567. The quantitative estimate of drug-likeness (QED) is 0.902. The van der Waals surface area contributed by atoms with Crippen molar-refractivity contribution in [2.24, 2.45) is 5.73 Å². The molecule has 2 aromatic carbocycles. The molecule has 0 amide bonds. The molecule has 0 aliphatic heterocycles. The minimum atomic E-state index is 0.103. The van der Waals surface area contributed by atoms with Gasteiger partial charge in [0.15, 0.2) is 0 Å². The summed E-state index contributed by atoms with van der Waals surface area (Å²) in [4.78, 5) is 0. The lowest BCUT2D eigenvalue weighted by atomic mass is 9.79. The largest absolute Gasteiger partial charge is 0.494 e. The van der Waals surface area contributed by atoms with Crippen LogP contribution in [0.5, 0.6) is 5.75 Å². The molecular formula is C18H21NO. The minimum Gasteiger partial charge on any atom is -0.494 e. The molecule has 3 rings (SSSR count). The Morgan fingerprint density at radius 2 is 1.75 bits per heavy atom. The second-order valence-electron chi connectivity index (χ2n) is 5.55. The fourth-order valence-electron chi connectivity index (χ4n) is 3.22. The average Bonchev–Trinajstić information content (AvgIpc) is 2.88. The summed E-state index contributed by atoms with van der Waals surface area (Å²) in [5.74, 6) is 0.936. The lowest BCUT2D eigenvalue weighted by Gasteiger charge is -2.29. The summed E-state index contributed by atoms with van der Waals surface area (Å²) in [5.41, 5.74) is 9.10. The number of fused-ring (bicyclic) bond motifs is 1. The monoisotopic (exact) mass is 267 g/mol. The van der Waals surface area contributed by atoms with E-state index in [1.165, 1.54) is 11.1 Å². The molecule has 0 heterocycles. The van der Waals surface area contributed by atoms with Crippen LogP contribution in [0.1, 0.15) is 24.0 Å². The molecule has 2 N–H and O–H groups in total. The van der Waals surface area contributed by atoms with Gasteiger partial charge in [0, 0.05) is 12.0 Å². The van der Waals surface area contributed by atoms with Crippen LogP contribution in [0.3, 0.4) is 0 Å². The van der Waals surface area contributed by atoms with Gasteiger partial charge in [-0.2, -0.15) is 0 Å². The number of benzene rings is 2. The van der Waals surface area contributed by atoms with Gasteiger partial charge in [-0.15, -0.1) is 0 Å². The van der Waals surface area contributed by atoms with Gasteiger partial charge in [0.2, 0.25) is 0 Å². The van der Waals surface area contributed by atoms with E-state index in [4.69, 9.17) is 10.5 Å². The molecule has 20 heavy (non-hydrogen) atoms. The van der Waals surface area contributed by atoms with Gasteiger partial charge in [-0.25, -0.2) is 0 Å². The number of aryl methyl sites for hydroxylation is 1. The van der Waals surface area contributed by atoms with Crippen LogP contribution in [0.15, 0.2) is 54.6 Å². The highest BCUT2D eigenvalue weighted by Crippen LogP contribution is 2.40. The summed E-state index contributed by atoms with van der Waals surface area (Å²) in [5, 5.41) is 0. The Morgan fingerprint density at radius 1 is 1.00 bits per heavy atom. The van der Waals surface area contributed by atoms with E-state index in [1.54, 1.807) is 0 Å². The summed E-state index contributed by atoms with van der Waals surface area (Å²) >= 11 is 0. The summed E-state index contributed by atoms with van der Waals surface area (Å²) in [7, 11) is 0. The van der Waals surface area contributed by atoms with Crippen LogP contribution in [0, 0.1) is 0 Å². The molecule has 1 aliphatic rings. The molecule has 0 radical (unpaired) electrons. The van der Waals surface area contributed by atoms with Crippen LogP contribution < -0.4 is 10.5 Å². The van der Waals surface area contributed by atoms with Crippen molar-refractivity contribution in [1.29, 1.82) is 0 Å². The van der Waals surface area contributed by atoms with Gasteiger partial charge in [-0.3, -0.25) is 0 Å². The van der Waals surface area contributed by atoms with E-state index in [2.05, 4.69) is 24.3 Å². The molecule has 104 valence electrons. The Morgan fingerprint density at radius 3 is 2.55 bits per heavy atom. The second-order valence-corrected chi connectivity index (χ2v) is 5.55. The smallest absolute Gasteiger partial charge is 0.119 e. The van der Waals surface area contributed by atoms with Crippen molar-refractivity contribution >= 4 is 0 Å². The van der Waals surface area contributed by atoms with E-state index in [0.29, 0.717) is 6.54 Å². The van der Waals surface area contributed by atoms with E-state index >= 15 is 0 Å². The molecule has 2 nitrogen and oxygen atoms in total. The summed E-state index contributed by atoms with van der Waals surface area (Å²) in [6, 6.07) is 18.7. The highest BCUT2D eigenvalue weighted by Gasteiger charge is 2.36. The maximum Gasteiger partial charge on any atom is 0.119 e. The first-order chi connectivity index (χ1) is 9.84. The number of ether oxygens (including phenoxy) is 1. The highest BCUT2D eigenvalue weighted by molar-refractivity contribution is 5.39. The predicted octanol–water partition coefficient (Wildman–Crippen LogP) is 3.30. The molecule has 1 unspecified atom stereocenters. The van der Waals surface area contributed by atoms with Crippen molar-refractivity contribution in [2.45, 2.75) is 24.7 Å². The summed E-state index contributed by atoms with van der Waals surface area (Å²) < 4.78 is 5.85. The number of rotatable bonds is 5. The van der Waals surface area contributed by atoms with Gasteiger partial charge in [-0.1, -0.05) is 42.5 Å². The molecule has 0 fully saturated rings. The van der Waals surface area contributed by atoms with Gasteiger partial charge in [0.05, 0.1) is 6.61 Å². The van der Waals surface area contributed by atoms with Crippen molar-refractivity contribution in [3.8, 4) is 5.75 Å². The highest BCUT2D eigenvalue weighted by atomic mass is 16.5. The maximum atomic E-state index is 6.11. The third-order valence-electron chi connectivity index (χ3n) is 4.44. The maximum absolute atomic E-state index is 6.11. The van der Waals surface area contributed by atoms with Crippen LogP contribution in [0.25, 0.3) is 0 Å². The third-order valence-corrected chi connectivity index (χ3v) is 4.44. The molecule has 0 bridgehead atoms. The van der Waals surface area contributed by atoms with Crippen molar-refractivity contribution in [1.82, 2.24) is 0 Å². The Labute approximate surface area is 120 Å². The van der Waals surface area contributed by atoms with E-state index in [0.717, 1.165) is 31.6 Å². The fraction of sp³-hybridized carbons (Fsp3) is 0.333. The van der Waals surface area contributed by atoms with Gasteiger partial charge in [0.1, 0.15) is 5.75 Å². The van der Waals surface area contributed by atoms with Crippen molar-refractivity contribution in [3.05, 3.63) is 65.7 Å². The van der Waals surface area contributed by atoms with Gasteiger partial charge in [0.25, 0.3) is 0 Å². The van der Waals surface area contributed by atoms with E-state index in [-0.39, 0.29) is 5.41 Å². The Hall–Kier alpha value is -1.80. The van der Waals surface area contributed by atoms with Crippen LogP contribution >= 0.6 is 0 Å². The van der Waals surface area contributed by atoms with E-state index < -0.39 is 0 Å². The van der Waals surface area contributed by atoms with Crippen molar-refractivity contribution in [2.75, 3.05) is 13.2 Å². The fourth-order valence-corrected chi connectivity index (χ4v) is 3.22. The summed E-state index contributed by atoms with van der Waals surface area (Å²) in [6.45, 7) is 1.41. The first-order valence-electron chi connectivity index (χ1n) is 7.30. The summed E-state index contributed by atoms with van der Waals surface area (Å²) in [6.07, 6.45) is 3.26. The van der Waals surface area contributed by atoms with Crippen LogP contribution in [0.2, 0.25) is 0 Å². The molecule has 0 aromatic heterocycles. The molecule has 2 heteroatoms. The van der Waals surface area contributed by atoms with Crippen molar-refractivity contribution < 1.29 is 4.74 Å². The standard InChI is InChI=1S/C18H21NO/c19-14-18(11-10-15-6-4-5-9-17(15)18)12-13-20-16-7-2-1-3-8-16/h1-9H,10-14,19H2. The first-order valence-corrected chi connectivity index (χ1v) is 7.30. The van der Waals surface area contributed by atoms with Crippen LogP contribution in [-0.2, 0) is 11.8 Å². The SMILES string of the molecule is NCC1(CCOc2ccccc2)CCc2ccccc21. The molecule has 0 spiro atoms. The van der Waals surface area contributed by atoms with Crippen LogP contribution in [-0.4, -0.2) is 13.2 Å². The molecule has 1 aliphatic carbocycles. The van der Waals surface area contributed by atoms with Gasteiger partial charge < -0.3 is 10.5 Å². The Kier molecular flexibility index (Phi) is 3.75. The lowest BCUT2D eigenvalue weighted by molar-refractivity contribution is 0.256. The van der Waals surface area contributed by atoms with Crippen LogP contribution in [0.4, 0.5) is 0 Å². The van der Waals surface area contributed by atoms with E-state index in [9.17, 15) is 0 Å². The topological polar surface area (TPSA) is 35.2 Å². The molecular weight excluding hydrogens is 246 g/mol. The molecule has 0 saturated carbocycles. The van der Waals surface area contributed by atoms with Crippen molar-refractivity contribution in [3.63, 3.8) is 0 Å². The molecule has 1 atom stereocenters. The molecule has 0 saturated heterocycles. The molecule has 2 aromatic rings. The van der Waals surface area contributed by atoms with E-state index in [1.807, 2.05) is 30.3 Å². The number of para-hydroxylation sites is 1. The number of nitrogens with two attached hydrogens (primary N) is 1. The minimum absolute atomic E-state index is 0.103. The van der Waals surface area contributed by atoms with Gasteiger partial charge in [-0.05, 0) is 42.5 Å². The zero-order valence-electron chi connectivity index (χ0n) is 11.7. The lowest BCUT2D eigenvalue weighted by Crippen LogP contribution is -2.34. The second kappa shape index (κ2) is 5.68. The zero-order valence-corrected chi connectivity index (χ0v) is 11.7. The number of hydrogen-bond donors (Lipinski definition) is 1. The zero-order chi connectivity index (χ0) is 13.8. The predicted molar refractivity (Wildman–Crippen MR) is 82.0 cm³/mol. The Balaban J connectivity index is 1.69.